The van der Waals surface area contributed by atoms with Crippen LogP contribution in [0.4, 0.5) is 8.78 Å². The Morgan fingerprint density at radius 2 is 1.36 bits per heavy atom. The van der Waals surface area contributed by atoms with Gasteiger partial charge in [0, 0.05) is 16.7 Å². The van der Waals surface area contributed by atoms with Crippen molar-refractivity contribution >= 4 is 23.6 Å². The van der Waals surface area contributed by atoms with Gasteiger partial charge in [-0.2, -0.15) is 8.78 Å². The molecule has 33 heavy (non-hydrogen) atoms. The molecule has 0 bridgehead atoms. The topological polar surface area (TPSA) is 98.8 Å². The lowest BCUT2D eigenvalue weighted by Crippen LogP contribution is -2.34. The lowest BCUT2D eigenvalue weighted by atomic mass is 9.98. The molecule has 0 heterocycles. The minimum atomic E-state index is -3.01. The number of carbonyl (C=O) groups excluding carboxylic acids is 4. The van der Waals surface area contributed by atoms with Gasteiger partial charge in [-0.25, -0.2) is 4.79 Å². The van der Waals surface area contributed by atoms with Gasteiger partial charge in [0.25, 0.3) is 11.8 Å². The van der Waals surface area contributed by atoms with E-state index in [2.05, 4.69) is 4.74 Å². The monoisotopic (exact) mass is 453 g/mol. The first-order valence-corrected chi connectivity index (χ1v) is 9.60. The summed E-state index contributed by atoms with van der Waals surface area (Å²) >= 11 is 0. The molecular formula is C24H17F2NO6. The number of amides is 2. The van der Waals surface area contributed by atoms with Gasteiger partial charge in [0.2, 0.25) is 0 Å². The predicted octanol–water partition coefficient (Wildman–Crippen LogP) is 3.63. The number of alkyl halides is 2. The second-order valence-corrected chi connectivity index (χ2v) is 6.60. The van der Waals surface area contributed by atoms with E-state index in [4.69, 9.17) is 4.74 Å². The molecule has 0 aromatic heterocycles. The van der Waals surface area contributed by atoms with Gasteiger partial charge in [-0.05, 0) is 30.3 Å². The molecule has 7 nitrogen and oxygen atoms in total. The van der Waals surface area contributed by atoms with Gasteiger partial charge in [-0.1, -0.05) is 48.5 Å². The van der Waals surface area contributed by atoms with Crippen LogP contribution in [-0.4, -0.2) is 36.8 Å². The second-order valence-electron chi connectivity index (χ2n) is 6.60. The highest BCUT2D eigenvalue weighted by Gasteiger charge is 2.20. The molecule has 0 atom stereocenters. The van der Waals surface area contributed by atoms with Crippen LogP contribution in [0.1, 0.15) is 36.6 Å². The fourth-order valence-corrected chi connectivity index (χ4v) is 2.84. The Bertz CT molecular complexity index is 1160. The van der Waals surface area contributed by atoms with Crippen molar-refractivity contribution < 1.29 is 37.4 Å². The summed E-state index contributed by atoms with van der Waals surface area (Å²) in [7, 11) is 0. The van der Waals surface area contributed by atoms with Crippen molar-refractivity contribution in [2.45, 2.75) is 6.61 Å². The number of carbonyl (C=O) groups is 4. The summed E-state index contributed by atoms with van der Waals surface area (Å²) in [6.07, 6.45) is 0. The molecule has 0 aliphatic rings. The van der Waals surface area contributed by atoms with Crippen molar-refractivity contribution in [1.82, 2.24) is 5.32 Å². The first-order valence-electron chi connectivity index (χ1n) is 9.60. The van der Waals surface area contributed by atoms with Crippen molar-refractivity contribution in [3.05, 3.63) is 101 Å². The molecule has 0 saturated carbocycles. The molecular weight excluding hydrogens is 436 g/mol. The Morgan fingerprint density at radius 1 is 0.758 bits per heavy atom. The van der Waals surface area contributed by atoms with E-state index < -0.39 is 31.0 Å². The van der Waals surface area contributed by atoms with Crippen LogP contribution in [0.5, 0.6) is 5.75 Å². The Balaban J connectivity index is 1.59. The number of benzene rings is 3. The molecule has 2 amide bonds. The zero-order valence-electron chi connectivity index (χ0n) is 17.0. The van der Waals surface area contributed by atoms with Gasteiger partial charge < -0.3 is 9.47 Å². The van der Waals surface area contributed by atoms with E-state index in [1.54, 1.807) is 42.5 Å². The summed E-state index contributed by atoms with van der Waals surface area (Å²) in [6, 6.07) is 19.0. The van der Waals surface area contributed by atoms with E-state index in [9.17, 15) is 28.0 Å². The SMILES string of the molecule is O=C(COC(=O)c1ccccc1C(=O)c1ccccc1)NC(=O)c1ccc(OC(F)F)cc1. The fourth-order valence-electron chi connectivity index (χ4n) is 2.84. The van der Waals surface area contributed by atoms with E-state index in [-0.39, 0.29) is 28.2 Å². The Hall–Kier alpha value is -4.40. The molecule has 1 N–H and O–H groups in total. The molecule has 0 unspecified atom stereocenters. The number of ether oxygens (including phenoxy) is 2. The van der Waals surface area contributed by atoms with E-state index in [1.165, 1.54) is 24.3 Å². The minimum absolute atomic E-state index is 0.00935. The van der Waals surface area contributed by atoms with Gasteiger partial charge >= 0.3 is 12.6 Å². The lowest BCUT2D eigenvalue weighted by molar-refractivity contribution is -0.123. The first kappa shape index (κ1) is 23.3. The third kappa shape index (κ3) is 6.30. The maximum absolute atomic E-state index is 12.7. The third-order valence-electron chi connectivity index (χ3n) is 4.36. The fraction of sp³-hybridized carbons (Fsp3) is 0.0833. The minimum Gasteiger partial charge on any atom is -0.452 e. The number of esters is 1. The average molecular weight is 453 g/mol. The number of rotatable bonds is 8. The molecule has 0 saturated heterocycles. The summed E-state index contributed by atoms with van der Waals surface area (Å²) in [6.45, 7) is -3.78. The van der Waals surface area contributed by atoms with Gasteiger partial charge in [0.15, 0.2) is 12.4 Å². The van der Waals surface area contributed by atoms with Crippen LogP contribution in [0.3, 0.4) is 0 Å². The highest BCUT2D eigenvalue weighted by atomic mass is 19.3. The summed E-state index contributed by atoms with van der Waals surface area (Å²) in [5.41, 5.74) is 0.470. The molecule has 0 radical (unpaired) electrons. The van der Waals surface area contributed by atoms with Crippen LogP contribution >= 0.6 is 0 Å². The van der Waals surface area contributed by atoms with E-state index in [0.717, 1.165) is 12.1 Å². The number of hydrogen-bond donors (Lipinski definition) is 1. The Labute approximate surface area is 186 Å². The number of hydrogen-bond acceptors (Lipinski definition) is 6. The summed E-state index contributed by atoms with van der Waals surface area (Å²) in [5, 5.41) is 2.02. The van der Waals surface area contributed by atoms with Crippen molar-refractivity contribution in [1.29, 1.82) is 0 Å². The maximum Gasteiger partial charge on any atom is 0.387 e. The molecule has 9 heteroatoms. The summed E-state index contributed by atoms with van der Waals surface area (Å²) in [5.74, 6) is -3.18. The van der Waals surface area contributed by atoms with E-state index >= 15 is 0 Å². The molecule has 3 rings (SSSR count). The largest absolute Gasteiger partial charge is 0.452 e. The number of imide groups is 1. The number of halogens is 2. The van der Waals surface area contributed by atoms with Crippen LogP contribution < -0.4 is 10.1 Å². The molecule has 0 aliphatic carbocycles. The normalized spacial score (nSPS) is 10.4. The molecule has 3 aromatic rings. The number of nitrogens with one attached hydrogen (secondary N) is 1. The molecule has 0 spiro atoms. The smallest absolute Gasteiger partial charge is 0.387 e. The highest BCUT2D eigenvalue weighted by molar-refractivity contribution is 6.14. The van der Waals surface area contributed by atoms with Crippen molar-refractivity contribution in [2.75, 3.05) is 6.61 Å². The van der Waals surface area contributed by atoms with Crippen molar-refractivity contribution in [3.8, 4) is 5.75 Å². The molecule has 0 aliphatic heterocycles. The third-order valence-corrected chi connectivity index (χ3v) is 4.36. The van der Waals surface area contributed by atoms with Crippen LogP contribution in [0.2, 0.25) is 0 Å². The van der Waals surface area contributed by atoms with Crippen LogP contribution in [0.25, 0.3) is 0 Å². The molecule has 0 fully saturated rings. The Morgan fingerprint density at radius 3 is 2.00 bits per heavy atom. The van der Waals surface area contributed by atoms with Crippen LogP contribution in [0.15, 0.2) is 78.9 Å². The second kappa shape index (κ2) is 10.8. The highest BCUT2D eigenvalue weighted by Crippen LogP contribution is 2.16. The zero-order valence-corrected chi connectivity index (χ0v) is 17.0. The Kier molecular flexibility index (Phi) is 7.59. The van der Waals surface area contributed by atoms with Gasteiger partial charge in [-0.3, -0.25) is 19.7 Å². The van der Waals surface area contributed by atoms with Gasteiger partial charge in [0.05, 0.1) is 5.56 Å². The van der Waals surface area contributed by atoms with Crippen molar-refractivity contribution in [3.63, 3.8) is 0 Å². The predicted molar refractivity (Wildman–Crippen MR) is 112 cm³/mol. The average Bonchev–Trinajstić information content (AvgIpc) is 2.82. The molecule has 3 aromatic carbocycles. The lowest BCUT2D eigenvalue weighted by Gasteiger charge is -2.09. The maximum atomic E-state index is 12.7. The van der Waals surface area contributed by atoms with E-state index in [0.29, 0.717) is 5.56 Å². The first-order chi connectivity index (χ1) is 15.8. The quantitative estimate of drug-likeness (QED) is 0.413. The van der Waals surface area contributed by atoms with E-state index in [1.807, 2.05) is 5.32 Å². The molecule has 168 valence electrons. The van der Waals surface area contributed by atoms with Gasteiger partial charge in [0.1, 0.15) is 5.75 Å². The zero-order chi connectivity index (χ0) is 23.8. The summed E-state index contributed by atoms with van der Waals surface area (Å²) < 4.78 is 33.5. The van der Waals surface area contributed by atoms with Gasteiger partial charge in [-0.15, -0.1) is 0 Å². The van der Waals surface area contributed by atoms with Crippen LogP contribution in [-0.2, 0) is 9.53 Å². The summed E-state index contributed by atoms with van der Waals surface area (Å²) in [4.78, 5) is 49.3. The van der Waals surface area contributed by atoms with Crippen LogP contribution in [0, 0.1) is 0 Å². The standard InChI is InChI=1S/C24H17F2NO6/c25-24(26)33-17-12-10-16(11-13-17)22(30)27-20(28)14-32-23(31)19-9-5-4-8-18(19)21(29)15-6-2-1-3-7-15/h1-13,24H,14H2,(H,27,28,30). The number of ketones is 1. The van der Waals surface area contributed by atoms with Crippen molar-refractivity contribution in [2.24, 2.45) is 0 Å².